The number of alkyl halides is 6. The molecule has 0 radical (unpaired) electrons. The van der Waals surface area contributed by atoms with Crippen LogP contribution in [0.3, 0.4) is 0 Å². The first-order chi connectivity index (χ1) is 16.6. The maximum Gasteiger partial charge on any atom is 0.416 e. The fraction of sp³-hybridized carbons (Fsp3) is 0.417. The van der Waals surface area contributed by atoms with Crippen LogP contribution < -0.4 is 15.0 Å². The van der Waals surface area contributed by atoms with E-state index in [1.165, 1.54) is 32.0 Å². The number of halogens is 7. The molecule has 5 nitrogen and oxygen atoms in total. The van der Waals surface area contributed by atoms with Gasteiger partial charge >= 0.3 is 12.4 Å². The first-order valence-corrected chi connectivity index (χ1v) is 11.0. The molecule has 1 unspecified atom stereocenters. The zero-order valence-corrected chi connectivity index (χ0v) is 19.1. The Kier molecular flexibility index (Phi) is 6.20. The van der Waals surface area contributed by atoms with Crippen molar-refractivity contribution in [2.24, 2.45) is 5.41 Å². The molecule has 194 valence electrons. The van der Waals surface area contributed by atoms with Gasteiger partial charge in [0.05, 0.1) is 28.9 Å². The molecule has 12 heteroatoms. The fourth-order valence-electron chi connectivity index (χ4n) is 4.12. The summed E-state index contributed by atoms with van der Waals surface area (Å²) in [6.45, 7) is 2.56. The molecule has 1 heterocycles. The van der Waals surface area contributed by atoms with E-state index in [-0.39, 0.29) is 36.3 Å². The van der Waals surface area contributed by atoms with Gasteiger partial charge in [0, 0.05) is 6.42 Å². The van der Waals surface area contributed by atoms with E-state index in [1.54, 1.807) is 0 Å². The van der Waals surface area contributed by atoms with E-state index < -0.39 is 59.2 Å². The largest absolute Gasteiger partial charge is 0.476 e. The summed E-state index contributed by atoms with van der Waals surface area (Å²) in [7, 11) is 0. The van der Waals surface area contributed by atoms with Crippen LogP contribution in [0.2, 0.25) is 0 Å². The Balaban J connectivity index is 1.61. The van der Waals surface area contributed by atoms with Gasteiger partial charge in [-0.1, -0.05) is 12.1 Å². The van der Waals surface area contributed by atoms with Crippen molar-refractivity contribution < 1.29 is 45.1 Å². The predicted octanol–water partition coefficient (Wildman–Crippen LogP) is 6.14. The van der Waals surface area contributed by atoms with E-state index in [9.17, 15) is 35.9 Å². The smallest absolute Gasteiger partial charge is 0.416 e. The Hall–Kier alpha value is -3.31. The molecule has 2 aromatic rings. The number of benzene rings is 2. The highest BCUT2D eigenvalue weighted by molar-refractivity contribution is 6.01. The van der Waals surface area contributed by atoms with Crippen molar-refractivity contribution in [2.75, 3.05) is 10.2 Å². The molecule has 1 atom stereocenters. The number of anilines is 2. The van der Waals surface area contributed by atoms with E-state index >= 15 is 4.39 Å². The van der Waals surface area contributed by atoms with Crippen molar-refractivity contribution in [3.05, 3.63) is 52.8 Å². The van der Waals surface area contributed by atoms with Crippen molar-refractivity contribution in [3.8, 4) is 5.75 Å². The molecular weight excluding hydrogens is 497 g/mol. The van der Waals surface area contributed by atoms with Crippen molar-refractivity contribution in [2.45, 2.75) is 58.1 Å². The van der Waals surface area contributed by atoms with Gasteiger partial charge in [-0.15, -0.1) is 0 Å². The van der Waals surface area contributed by atoms with Crippen LogP contribution >= 0.6 is 0 Å². The lowest BCUT2D eigenvalue weighted by Gasteiger charge is -2.34. The minimum absolute atomic E-state index is 0.0139. The number of fused-ring (bicyclic) bond motifs is 1. The lowest BCUT2D eigenvalue weighted by Crippen LogP contribution is -2.44. The number of rotatable bonds is 5. The van der Waals surface area contributed by atoms with Gasteiger partial charge in [-0.05, 0) is 56.0 Å². The number of amides is 2. The maximum absolute atomic E-state index is 15.4. The monoisotopic (exact) mass is 518 g/mol. The number of carbonyl (C=O) groups is 2. The summed E-state index contributed by atoms with van der Waals surface area (Å²) in [5.41, 5.74) is -2.89. The average molecular weight is 518 g/mol. The summed E-state index contributed by atoms with van der Waals surface area (Å²) in [5.74, 6) is -3.04. The maximum atomic E-state index is 15.4. The molecule has 36 heavy (non-hydrogen) atoms. The first kappa shape index (κ1) is 25.8. The second-order valence-corrected chi connectivity index (χ2v) is 9.11. The summed E-state index contributed by atoms with van der Waals surface area (Å²) in [6.07, 6.45) is -11.5. The molecule has 1 aliphatic carbocycles. The van der Waals surface area contributed by atoms with Crippen molar-refractivity contribution >= 4 is 23.2 Å². The van der Waals surface area contributed by atoms with E-state index in [4.69, 9.17) is 4.74 Å². The average Bonchev–Trinajstić information content (AvgIpc) is 3.56. The van der Waals surface area contributed by atoms with E-state index in [1.807, 2.05) is 0 Å². The Bertz CT molecular complexity index is 1200. The number of hydrogen-bond acceptors (Lipinski definition) is 3. The zero-order valence-electron chi connectivity index (χ0n) is 19.1. The SMILES string of the molecule is Cc1cc2c(c(F)c1NC(=O)CC1(C(F)(F)F)CC1)OC(C)C(=O)N2Cc1ccc(C(F)(F)F)cc1. The molecule has 4 rings (SSSR count). The summed E-state index contributed by atoms with van der Waals surface area (Å²) in [5, 5.41) is 2.20. The molecule has 1 fully saturated rings. The molecular formula is C24H21F7N2O3. The van der Waals surface area contributed by atoms with Gasteiger partial charge in [0.25, 0.3) is 5.91 Å². The highest BCUT2D eigenvalue weighted by Crippen LogP contribution is 2.60. The van der Waals surface area contributed by atoms with Crippen molar-refractivity contribution in [3.63, 3.8) is 0 Å². The highest BCUT2D eigenvalue weighted by Gasteiger charge is 2.63. The number of hydrogen-bond donors (Lipinski definition) is 1. The number of nitrogens with zero attached hydrogens (tertiary/aromatic N) is 1. The first-order valence-electron chi connectivity index (χ1n) is 11.0. The molecule has 1 N–H and O–H groups in total. The van der Waals surface area contributed by atoms with Crippen LogP contribution in [0.5, 0.6) is 5.75 Å². The lowest BCUT2D eigenvalue weighted by atomic mass is 10.0. The normalized spacial score (nSPS) is 19.0. The number of ether oxygens (including phenoxy) is 1. The number of aryl methyl sites for hydroxylation is 1. The Morgan fingerprint density at radius 3 is 2.28 bits per heavy atom. The number of carbonyl (C=O) groups excluding carboxylic acids is 2. The van der Waals surface area contributed by atoms with Gasteiger partial charge in [-0.3, -0.25) is 9.59 Å². The molecule has 0 bridgehead atoms. The summed E-state index contributed by atoms with van der Waals surface area (Å²) < 4.78 is 99.0. The fourth-order valence-corrected chi connectivity index (χ4v) is 4.12. The van der Waals surface area contributed by atoms with Gasteiger partial charge < -0.3 is 15.0 Å². The third kappa shape index (κ3) is 4.72. The third-order valence-corrected chi connectivity index (χ3v) is 6.44. The van der Waals surface area contributed by atoms with Gasteiger partial charge in [0.1, 0.15) is 0 Å². The molecule has 0 saturated heterocycles. The molecule has 2 amide bonds. The van der Waals surface area contributed by atoms with Crippen LogP contribution in [0.15, 0.2) is 30.3 Å². The van der Waals surface area contributed by atoms with Crippen LogP contribution in [0.25, 0.3) is 0 Å². The minimum atomic E-state index is -4.55. The Morgan fingerprint density at radius 2 is 1.75 bits per heavy atom. The number of nitrogens with one attached hydrogen (secondary N) is 1. The molecule has 0 aromatic heterocycles. The molecule has 2 aliphatic rings. The van der Waals surface area contributed by atoms with Gasteiger partial charge in [-0.25, -0.2) is 4.39 Å². The van der Waals surface area contributed by atoms with Gasteiger partial charge in [0.15, 0.2) is 17.7 Å². The molecule has 0 spiro atoms. The van der Waals surface area contributed by atoms with E-state index in [0.29, 0.717) is 5.56 Å². The zero-order chi connectivity index (χ0) is 26.6. The van der Waals surface area contributed by atoms with Crippen LogP contribution in [0.1, 0.15) is 42.9 Å². The summed E-state index contributed by atoms with van der Waals surface area (Å²) in [6, 6.07) is 5.45. The standard InChI is InChI=1S/C24H21F7N2O3/c1-12-9-16-20(18(25)19(12)32-17(34)10-22(7-8-22)24(29,30)31)36-13(2)21(35)33(16)11-14-3-5-15(6-4-14)23(26,27)28/h3-6,9,13H,7-8,10-11H2,1-2H3,(H,32,34). The lowest BCUT2D eigenvalue weighted by molar-refractivity contribution is -0.189. The van der Waals surface area contributed by atoms with Crippen molar-refractivity contribution in [1.82, 2.24) is 0 Å². The van der Waals surface area contributed by atoms with Gasteiger partial charge in [0.2, 0.25) is 5.91 Å². The third-order valence-electron chi connectivity index (χ3n) is 6.44. The second kappa shape index (κ2) is 8.67. The van der Waals surface area contributed by atoms with Crippen molar-refractivity contribution in [1.29, 1.82) is 0 Å². The molecule has 1 aliphatic heterocycles. The Morgan fingerprint density at radius 1 is 1.14 bits per heavy atom. The topological polar surface area (TPSA) is 58.6 Å². The second-order valence-electron chi connectivity index (χ2n) is 9.11. The van der Waals surface area contributed by atoms with Crippen LogP contribution in [0, 0.1) is 18.2 Å². The highest BCUT2D eigenvalue weighted by atomic mass is 19.4. The van der Waals surface area contributed by atoms with Gasteiger partial charge in [-0.2, -0.15) is 26.3 Å². The molecule has 2 aromatic carbocycles. The quantitative estimate of drug-likeness (QED) is 0.484. The minimum Gasteiger partial charge on any atom is -0.476 e. The van der Waals surface area contributed by atoms with Crippen LogP contribution in [-0.2, 0) is 22.3 Å². The predicted molar refractivity (Wildman–Crippen MR) is 115 cm³/mol. The Labute approximate surface area is 201 Å². The summed E-state index contributed by atoms with van der Waals surface area (Å²) >= 11 is 0. The van der Waals surface area contributed by atoms with Crippen LogP contribution in [-0.4, -0.2) is 24.1 Å². The molecule has 1 saturated carbocycles. The van der Waals surface area contributed by atoms with E-state index in [2.05, 4.69) is 5.32 Å². The van der Waals surface area contributed by atoms with E-state index in [0.717, 1.165) is 17.0 Å². The van der Waals surface area contributed by atoms with Crippen LogP contribution in [0.4, 0.5) is 42.1 Å². The summed E-state index contributed by atoms with van der Waals surface area (Å²) in [4.78, 5) is 26.3.